The second kappa shape index (κ2) is 5.13. The van der Waals surface area contributed by atoms with E-state index in [1.54, 1.807) is 6.92 Å². The van der Waals surface area contributed by atoms with Crippen molar-refractivity contribution in [2.24, 2.45) is 11.7 Å². The topological polar surface area (TPSA) is 52.3 Å². The SMILES string of the molecule is CC(C)CCOC(=O)C(C)N. The van der Waals surface area contributed by atoms with Crippen molar-refractivity contribution in [3.63, 3.8) is 0 Å². The Morgan fingerprint density at radius 2 is 2.00 bits per heavy atom. The maximum atomic E-state index is 10.8. The van der Waals surface area contributed by atoms with Crippen LogP contribution >= 0.6 is 0 Å². The van der Waals surface area contributed by atoms with Crippen molar-refractivity contribution in [2.45, 2.75) is 33.2 Å². The molecule has 2 N–H and O–H groups in total. The Kier molecular flexibility index (Phi) is 4.86. The van der Waals surface area contributed by atoms with Gasteiger partial charge in [-0.15, -0.1) is 0 Å². The van der Waals surface area contributed by atoms with Crippen molar-refractivity contribution in [1.82, 2.24) is 0 Å². The second-order valence-electron chi connectivity index (χ2n) is 3.14. The molecule has 0 aromatic rings. The number of ether oxygens (including phenoxy) is 1. The molecule has 1 atom stereocenters. The largest absolute Gasteiger partial charge is 0.465 e. The lowest BCUT2D eigenvalue weighted by atomic mass is 10.1. The fourth-order valence-corrected chi connectivity index (χ4v) is 0.527. The van der Waals surface area contributed by atoms with Gasteiger partial charge in [-0.3, -0.25) is 4.79 Å². The predicted octanol–water partition coefficient (Wildman–Crippen LogP) is 0.923. The zero-order chi connectivity index (χ0) is 8.85. The zero-order valence-electron chi connectivity index (χ0n) is 7.46. The molecular weight excluding hydrogens is 142 g/mol. The van der Waals surface area contributed by atoms with Crippen LogP contribution in [0.5, 0.6) is 0 Å². The van der Waals surface area contributed by atoms with E-state index in [-0.39, 0.29) is 5.97 Å². The van der Waals surface area contributed by atoms with Gasteiger partial charge >= 0.3 is 5.97 Å². The summed E-state index contributed by atoms with van der Waals surface area (Å²) in [5, 5.41) is 0. The summed E-state index contributed by atoms with van der Waals surface area (Å²) in [6.07, 6.45) is 0.901. The summed E-state index contributed by atoms with van der Waals surface area (Å²) in [6.45, 7) is 6.27. The summed E-state index contributed by atoms with van der Waals surface area (Å²) in [6, 6.07) is -0.498. The maximum absolute atomic E-state index is 10.8. The number of hydrogen-bond donors (Lipinski definition) is 1. The van der Waals surface area contributed by atoms with Crippen LogP contribution in [0.3, 0.4) is 0 Å². The van der Waals surface area contributed by atoms with Crippen LogP contribution in [0.1, 0.15) is 27.2 Å². The van der Waals surface area contributed by atoms with Gasteiger partial charge < -0.3 is 10.5 Å². The lowest BCUT2D eigenvalue weighted by Crippen LogP contribution is -2.29. The van der Waals surface area contributed by atoms with Gasteiger partial charge in [0.2, 0.25) is 0 Å². The minimum Gasteiger partial charge on any atom is -0.465 e. The molecule has 0 heterocycles. The van der Waals surface area contributed by atoms with E-state index in [0.717, 1.165) is 6.42 Å². The highest BCUT2D eigenvalue weighted by Crippen LogP contribution is 1.99. The summed E-state index contributed by atoms with van der Waals surface area (Å²) >= 11 is 0. The Morgan fingerprint density at radius 1 is 1.45 bits per heavy atom. The Balaban J connectivity index is 3.32. The molecule has 3 heteroatoms. The fraction of sp³-hybridized carbons (Fsp3) is 0.875. The summed E-state index contributed by atoms with van der Waals surface area (Å²) in [5.41, 5.74) is 5.28. The molecule has 0 amide bonds. The van der Waals surface area contributed by atoms with Gasteiger partial charge in [-0.1, -0.05) is 13.8 Å². The number of rotatable bonds is 4. The van der Waals surface area contributed by atoms with Gasteiger partial charge in [-0.05, 0) is 19.3 Å². The molecule has 0 rings (SSSR count). The lowest BCUT2D eigenvalue weighted by Gasteiger charge is -2.07. The molecule has 1 unspecified atom stereocenters. The molecule has 3 nitrogen and oxygen atoms in total. The van der Waals surface area contributed by atoms with E-state index in [1.165, 1.54) is 0 Å². The number of carbonyl (C=O) groups is 1. The summed E-state index contributed by atoms with van der Waals surface area (Å²) in [5.74, 6) is 0.251. The molecule has 0 radical (unpaired) electrons. The average Bonchev–Trinajstić information content (AvgIpc) is 1.86. The van der Waals surface area contributed by atoms with Crippen LogP contribution in [-0.2, 0) is 9.53 Å². The third-order valence-electron chi connectivity index (χ3n) is 1.31. The zero-order valence-corrected chi connectivity index (χ0v) is 7.46. The molecule has 11 heavy (non-hydrogen) atoms. The van der Waals surface area contributed by atoms with Crippen LogP contribution in [0.4, 0.5) is 0 Å². The molecule has 0 aliphatic heterocycles. The van der Waals surface area contributed by atoms with E-state index in [9.17, 15) is 4.79 Å². The monoisotopic (exact) mass is 159 g/mol. The Labute approximate surface area is 67.9 Å². The normalized spacial score (nSPS) is 13.2. The van der Waals surface area contributed by atoms with E-state index in [4.69, 9.17) is 10.5 Å². The van der Waals surface area contributed by atoms with Crippen LogP contribution in [0.25, 0.3) is 0 Å². The van der Waals surface area contributed by atoms with Crippen molar-refractivity contribution in [3.05, 3.63) is 0 Å². The number of esters is 1. The van der Waals surface area contributed by atoms with E-state index in [0.29, 0.717) is 12.5 Å². The standard InChI is InChI=1S/C8H17NO2/c1-6(2)4-5-11-8(10)7(3)9/h6-7H,4-5,9H2,1-3H3. The van der Waals surface area contributed by atoms with Crippen LogP contribution in [-0.4, -0.2) is 18.6 Å². The molecule has 0 fully saturated rings. The second-order valence-corrected chi connectivity index (χ2v) is 3.14. The molecule has 0 bridgehead atoms. The fourth-order valence-electron chi connectivity index (χ4n) is 0.527. The smallest absolute Gasteiger partial charge is 0.322 e. The lowest BCUT2D eigenvalue weighted by molar-refractivity contribution is -0.145. The van der Waals surface area contributed by atoms with Crippen molar-refractivity contribution in [1.29, 1.82) is 0 Å². The quantitative estimate of drug-likeness (QED) is 0.621. The molecule has 0 aliphatic carbocycles. The van der Waals surface area contributed by atoms with Crippen molar-refractivity contribution in [2.75, 3.05) is 6.61 Å². The van der Waals surface area contributed by atoms with Crippen LogP contribution in [0, 0.1) is 5.92 Å². The van der Waals surface area contributed by atoms with E-state index >= 15 is 0 Å². The molecular formula is C8H17NO2. The molecule has 0 saturated carbocycles. The number of nitrogens with two attached hydrogens (primary N) is 1. The van der Waals surface area contributed by atoms with E-state index in [2.05, 4.69) is 13.8 Å². The van der Waals surface area contributed by atoms with Gasteiger partial charge in [0, 0.05) is 0 Å². The van der Waals surface area contributed by atoms with E-state index < -0.39 is 6.04 Å². The van der Waals surface area contributed by atoms with Crippen LogP contribution in [0.2, 0.25) is 0 Å². The van der Waals surface area contributed by atoms with Crippen molar-refractivity contribution < 1.29 is 9.53 Å². The van der Waals surface area contributed by atoms with Gasteiger partial charge in [0.15, 0.2) is 0 Å². The average molecular weight is 159 g/mol. The molecule has 66 valence electrons. The third kappa shape index (κ3) is 5.85. The van der Waals surface area contributed by atoms with Crippen LogP contribution in [0.15, 0.2) is 0 Å². The highest BCUT2D eigenvalue weighted by molar-refractivity contribution is 5.74. The van der Waals surface area contributed by atoms with Gasteiger partial charge in [0.05, 0.1) is 6.61 Å². The highest BCUT2D eigenvalue weighted by atomic mass is 16.5. The molecule has 0 aliphatic rings. The number of hydrogen-bond acceptors (Lipinski definition) is 3. The first-order valence-corrected chi connectivity index (χ1v) is 3.96. The summed E-state index contributed by atoms with van der Waals surface area (Å²) in [7, 11) is 0. The van der Waals surface area contributed by atoms with Gasteiger partial charge in [-0.25, -0.2) is 0 Å². The van der Waals surface area contributed by atoms with Gasteiger partial charge in [0.25, 0.3) is 0 Å². The summed E-state index contributed by atoms with van der Waals surface area (Å²) < 4.78 is 4.85. The Morgan fingerprint density at radius 3 is 2.36 bits per heavy atom. The highest BCUT2D eigenvalue weighted by Gasteiger charge is 2.07. The first kappa shape index (κ1) is 10.4. The molecule has 0 aromatic carbocycles. The van der Waals surface area contributed by atoms with E-state index in [1.807, 2.05) is 0 Å². The Hall–Kier alpha value is -0.570. The van der Waals surface area contributed by atoms with Crippen molar-refractivity contribution in [3.8, 4) is 0 Å². The third-order valence-corrected chi connectivity index (χ3v) is 1.31. The first-order valence-electron chi connectivity index (χ1n) is 3.96. The first-order chi connectivity index (χ1) is 5.04. The molecule has 0 aromatic heterocycles. The predicted molar refractivity (Wildman–Crippen MR) is 44.1 cm³/mol. The molecule has 0 spiro atoms. The maximum Gasteiger partial charge on any atom is 0.322 e. The van der Waals surface area contributed by atoms with Crippen molar-refractivity contribution >= 4 is 5.97 Å². The van der Waals surface area contributed by atoms with Gasteiger partial charge in [-0.2, -0.15) is 0 Å². The van der Waals surface area contributed by atoms with Crippen LogP contribution < -0.4 is 5.73 Å². The molecule has 0 saturated heterocycles. The summed E-state index contributed by atoms with van der Waals surface area (Å²) in [4.78, 5) is 10.8. The Bertz CT molecular complexity index is 121. The minimum absolute atomic E-state index is 0.314. The minimum atomic E-state index is -0.498. The van der Waals surface area contributed by atoms with Gasteiger partial charge in [0.1, 0.15) is 6.04 Å². The number of carbonyl (C=O) groups excluding carboxylic acids is 1.